The molecular formula is C18H30N2O. The summed E-state index contributed by atoms with van der Waals surface area (Å²) < 4.78 is 5.93. The average molecular weight is 290 g/mol. The van der Waals surface area contributed by atoms with Gasteiger partial charge in [0.1, 0.15) is 0 Å². The zero-order chi connectivity index (χ0) is 15.3. The second kappa shape index (κ2) is 7.39. The Labute approximate surface area is 129 Å². The first-order valence-electron chi connectivity index (χ1n) is 8.14. The van der Waals surface area contributed by atoms with Crippen molar-refractivity contribution in [3.05, 3.63) is 35.9 Å². The summed E-state index contributed by atoms with van der Waals surface area (Å²) in [7, 11) is 2.22. The molecule has 0 radical (unpaired) electrons. The van der Waals surface area contributed by atoms with Gasteiger partial charge < -0.3 is 10.5 Å². The van der Waals surface area contributed by atoms with E-state index in [4.69, 9.17) is 10.5 Å². The summed E-state index contributed by atoms with van der Waals surface area (Å²) in [4.78, 5) is 2.47. The van der Waals surface area contributed by atoms with Crippen LogP contribution in [0.25, 0.3) is 0 Å². The van der Waals surface area contributed by atoms with E-state index in [1.54, 1.807) is 0 Å². The molecule has 0 aromatic heterocycles. The third kappa shape index (κ3) is 4.06. The second-order valence-corrected chi connectivity index (χ2v) is 6.69. The summed E-state index contributed by atoms with van der Waals surface area (Å²) in [5.74, 6) is 0.554. The lowest BCUT2D eigenvalue weighted by molar-refractivity contribution is -0.0811. The lowest BCUT2D eigenvalue weighted by Crippen LogP contribution is -2.58. The molecule has 1 aliphatic heterocycles. The number of likely N-dealkylation sites (N-methyl/N-ethyl adjacent to an activating group) is 1. The van der Waals surface area contributed by atoms with Crippen LogP contribution >= 0.6 is 0 Å². The molecule has 2 atom stereocenters. The van der Waals surface area contributed by atoms with Crippen LogP contribution in [0.3, 0.4) is 0 Å². The standard InChI is InChI=1S/C18H30N2O/c1-15(2)17-13-18(14-19,10-12-21-17)20(3)11-9-16-7-5-4-6-8-16/h4-8,15,17H,9-14,19H2,1-3H3. The molecule has 3 heteroatoms. The van der Waals surface area contributed by atoms with E-state index in [0.717, 1.165) is 32.4 Å². The van der Waals surface area contributed by atoms with Gasteiger partial charge in [0.25, 0.3) is 0 Å². The molecule has 0 aliphatic carbocycles. The van der Waals surface area contributed by atoms with E-state index >= 15 is 0 Å². The van der Waals surface area contributed by atoms with E-state index in [0.29, 0.717) is 18.6 Å². The lowest BCUT2D eigenvalue weighted by Gasteiger charge is -2.47. The van der Waals surface area contributed by atoms with Crippen molar-refractivity contribution in [2.75, 3.05) is 26.7 Å². The molecule has 118 valence electrons. The molecule has 0 spiro atoms. The second-order valence-electron chi connectivity index (χ2n) is 6.69. The molecule has 1 aromatic rings. The maximum Gasteiger partial charge on any atom is 0.0616 e. The number of benzene rings is 1. The van der Waals surface area contributed by atoms with Crippen LogP contribution in [-0.4, -0.2) is 43.3 Å². The van der Waals surface area contributed by atoms with Crippen molar-refractivity contribution in [2.24, 2.45) is 11.7 Å². The fourth-order valence-corrected chi connectivity index (χ4v) is 3.23. The van der Waals surface area contributed by atoms with Crippen molar-refractivity contribution in [3.63, 3.8) is 0 Å². The third-order valence-electron chi connectivity index (χ3n) is 4.99. The maximum absolute atomic E-state index is 6.17. The number of hydrogen-bond acceptors (Lipinski definition) is 3. The topological polar surface area (TPSA) is 38.5 Å². The monoisotopic (exact) mass is 290 g/mol. The molecule has 1 heterocycles. The Morgan fingerprint density at radius 3 is 2.67 bits per heavy atom. The fraction of sp³-hybridized carbons (Fsp3) is 0.667. The van der Waals surface area contributed by atoms with E-state index in [1.807, 2.05) is 0 Å². The Kier molecular flexibility index (Phi) is 5.80. The zero-order valence-corrected chi connectivity index (χ0v) is 13.7. The highest BCUT2D eigenvalue weighted by Gasteiger charge is 2.39. The number of nitrogens with zero attached hydrogens (tertiary/aromatic N) is 1. The van der Waals surface area contributed by atoms with Gasteiger partial charge in [0.05, 0.1) is 6.10 Å². The van der Waals surface area contributed by atoms with E-state index in [1.165, 1.54) is 5.56 Å². The highest BCUT2D eigenvalue weighted by molar-refractivity contribution is 5.15. The summed E-state index contributed by atoms with van der Waals surface area (Å²) in [6.45, 7) is 7.06. The van der Waals surface area contributed by atoms with Crippen LogP contribution < -0.4 is 5.73 Å². The Bertz CT molecular complexity index is 420. The highest BCUT2D eigenvalue weighted by atomic mass is 16.5. The molecule has 2 N–H and O–H groups in total. The number of nitrogens with two attached hydrogens (primary N) is 1. The summed E-state index contributed by atoms with van der Waals surface area (Å²) in [5.41, 5.74) is 7.67. The largest absolute Gasteiger partial charge is 0.378 e. The molecule has 2 rings (SSSR count). The van der Waals surface area contributed by atoms with Crippen LogP contribution in [0.5, 0.6) is 0 Å². The molecule has 0 bridgehead atoms. The van der Waals surface area contributed by atoms with Crippen LogP contribution in [0.1, 0.15) is 32.3 Å². The highest BCUT2D eigenvalue weighted by Crippen LogP contribution is 2.32. The number of ether oxygens (including phenoxy) is 1. The van der Waals surface area contributed by atoms with Gasteiger partial charge in [-0.15, -0.1) is 0 Å². The molecule has 1 fully saturated rings. The molecule has 21 heavy (non-hydrogen) atoms. The van der Waals surface area contributed by atoms with Gasteiger partial charge in [-0.05, 0) is 37.8 Å². The van der Waals surface area contributed by atoms with Crippen molar-refractivity contribution in [1.82, 2.24) is 4.90 Å². The Hall–Kier alpha value is -0.900. The van der Waals surface area contributed by atoms with Gasteiger partial charge in [-0.2, -0.15) is 0 Å². The minimum atomic E-state index is 0.0992. The van der Waals surface area contributed by atoms with Gasteiger partial charge in [-0.1, -0.05) is 44.2 Å². The van der Waals surface area contributed by atoms with Crippen LogP contribution in [0.2, 0.25) is 0 Å². The van der Waals surface area contributed by atoms with Gasteiger partial charge >= 0.3 is 0 Å². The minimum Gasteiger partial charge on any atom is -0.378 e. The van der Waals surface area contributed by atoms with E-state index in [9.17, 15) is 0 Å². The van der Waals surface area contributed by atoms with Gasteiger partial charge in [-0.25, -0.2) is 0 Å². The molecule has 0 amide bonds. The van der Waals surface area contributed by atoms with Gasteiger partial charge in [0.15, 0.2) is 0 Å². The van der Waals surface area contributed by atoms with Gasteiger partial charge in [0, 0.05) is 25.2 Å². The zero-order valence-electron chi connectivity index (χ0n) is 13.7. The van der Waals surface area contributed by atoms with Crippen molar-refractivity contribution < 1.29 is 4.74 Å². The minimum absolute atomic E-state index is 0.0992. The molecule has 0 saturated carbocycles. The van der Waals surface area contributed by atoms with Crippen LogP contribution in [0.15, 0.2) is 30.3 Å². The molecule has 1 saturated heterocycles. The SMILES string of the molecule is CC(C)C1CC(CN)(N(C)CCc2ccccc2)CCO1. The fourth-order valence-electron chi connectivity index (χ4n) is 3.23. The van der Waals surface area contributed by atoms with Crippen molar-refractivity contribution >= 4 is 0 Å². The Morgan fingerprint density at radius 1 is 1.33 bits per heavy atom. The summed E-state index contributed by atoms with van der Waals surface area (Å²) in [6, 6.07) is 10.7. The predicted octanol–water partition coefficient (Wildman–Crippen LogP) is 2.69. The number of hydrogen-bond donors (Lipinski definition) is 1. The smallest absolute Gasteiger partial charge is 0.0616 e. The first-order chi connectivity index (χ1) is 10.1. The van der Waals surface area contributed by atoms with E-state index in [-0.39, 0.29) is 5.54 Å². The normalized spacial score (nSPS) is 26.5. The van der Waals surface area contributed by atoms with E-state index in [2.05, 4.69) is 56.1 Å². The maximum atomic E-state index is 6.17. The Morgan fingerprint density at radius 2 is 2.05 bits per heavy atom. The molecule has 1 aliphatic rings. The summed E-state index contributed by atoms with van der Waals surface area (Å²) >= 11 is 0. The first-order valence-corrected chi connectivity index (χ1v) is 8.14. The lowest BCUT2D eigenvalue weighted by atomic mass is 9.82. The predicted molar refractivity (Wildman–Crippen MR) is 88.4 cm³/mol. The first kappa shape index (κ1) is 16.5. The van der Waals surface area contributed by atoms with Crippen LogP contribution in [0, 0.1) is 5.92 Å². The average Bonchev–Trinajstić information content (AvgIpc) is 2.53. The van der Waals surface area contributed by atoms with Crippen LogP contribution in [-0.2, 0) is 11.2 Å². The number of rotatable bonds is 6. The van der Waals surface area contributed by atoms with E-state index < -0.39 is 0 Å². The quantitative estimate of drug-likeness (QED) is 0.875. The van der Waals surface area contributed by atoms with Crippen molar-refractivity contribution in [2.45, 2.75) is 44.8 Å². The third-order valence-corrected chi connectivity index (χ3v) is 4.99. The van der Waals surface area contributed by atoms with Crippen molar-refractivity contribution in [1.29, 1.82) is 0 Å². The van der Waals surface area contributed by atoms with Gasteiger partial charge in [0.2, 0.25) is 0 Å². The molecule has 1 aromatic carbocycles. The molecular weight excluding hydrogens is 260 g/mol. The van der Waals surface area contributed by atoms with Crippen molar-refractivity contribution in [3.8, 4) is 0 Å². The van der Waals surface area contributed by atoms with Gasteiger partial charge in [-0.3, -0.25) is 4.90 Å². The van der Waals surface area contributed by atoms with Crippen LogP contribution in [0.4, 0.5) is 0 Å². The molecule has 2 unspecified atom stereocenters. The molecule has 3 nitrogen and oxygen atoms in total. The summed E-state index contributed by atoms with van der Waals surface area (Å²) in [6.07, 6.45) is 3.50. The summed E-state index contributed by atoms with van der Waals surface area (Å²) in [5, 5.41) is 0. The Balaban J connectivity index is 1.98.